The van der Waals surface area contributed by atoms with E-state index in [0.29, 0.717) is 22.5 Å². The second-order valence-electron chi connectivity index (χ2n) is 6.93. The van der Waals surface area contributed by atoms with Crippen molar-refractivity contribution in [3.63, 3.8) is 0 Å². The predicted octanol–water partition coefficient (Wildman–Crippen LogP) is 3.92. The van der Waals surface area contributed by atoms with Gasteiger partial charge in [0.15, 0.2) is 5.76 Å². The maximum absolute atomic E-state index is 13.4. The number of sulfonamides is 1. The average molecular weight is 441 g/mol. The van der Waals surface area contributed by atoms with Crippen molar-refractivity contribution in [3.05, 3.63) is 95.7 Å². The number of hydrogen-bond acceptors (Lipinski definition) is 5. The summed E-state index contributed by atoms with van der Waals surface area (Å²) in [6.07, 6.45) is 3.23. The molecule has 0 bridgehead atoms. The van der Waals surface area contributed by atoms with Gasteiger partial charge in [-0.25, -0.2) is 17.8 Å². The number of hydrazine groups is 1. The van der Waals surface area contributed by atoms with E-state index in [4.69, 9.17) is 4.42 Å². The monoisotopic (exact) mass is 441 g/mol. The Balaban J connectivity index is 1.69. The molecule has 0 spiro atoms. The third-order valence-electron chi connectivity index (χ3n) is 4.83. The zero-order chi connectivity index (χ0) is 22.0. The number of rotatable bonds is 6. The number of carbonyl (C=O) groups excluding carboxylic acids is 1. The number of halogens is 1. The maximum Gasteiger partial charge on any atom is 0.308 e. The van der Waals surface area contributed by atoms with Gasteiger partial charge in [0.25, 0.3) is 0 Å². The van der Waals surface area contributed by atoms with Gasteiger partial charge in [-0.05, 0) is 55.0 Å². The van der Waals surface area contributed by atoms with Gasteiger partial charge in [-0.3, -0.25) is 14.9 Å². The van der Waals surface area contributed by atoms with Crippen LogP contribution in [0.1, 0.15) is 34.6 Å². The van der Waals surface area contributed by atoms with Gasteiger partial charge in [0, 0.05) is 11.3 Å². The highest BCUT2D eigenvalue weighted by atomic mass is 32.2. The standard InChI is InChI=1S/C22H20FN3O4S/c1-2-31(28,29)25-18-6-3-5-16(13-18)19-14-20(15-8-10-17(23)11-9-15)26(24-19)22(27)21-7-4-12-30-21/h3-14,20,24-25H,2H2,1H3. The van der Waals surface area contributed by atoms with E-state index in [1.54, 1.807) is 55.5 Å². The Morgan fingerprint density at radius 1 is 1.16 bits per heavy atom. The molecule has 1 aromatic heterocycles. The third kappa shape index (κ3) is 4.46. The summed E-state index contributed by atoms with van der Waals surface area (Å²) < 4.78 is 45.0. The molecule has 1 amide bonds. The summed E-state index contributed by atoms with van der Waals surface area (Å²) in [7, 11) is -3.43. The van der Waals surface area contributed by atoms with E-state index in [1.165, 1.54) is 23.4 Å². The highest BCUT2D eigenvalue weighted by molar-refractivity contribution is 7.92. The van der Waals surface area contributed by atoms with Crippen LogP contribution in [0.2, 0.25) is 0 Å². The van der Waals surface area contributed by atoms with Crippen molar-refractivity contribution < 1.29 is 22.0 Å². The van der Waals surface area contributed by atoms with Crippen LogP contribution >= 0.6 is 0 Å². The molecule has 1 atom stereocenters. The van der Waals surface area contributed by atoms with Crippen molar-refractivity contribution in [2.24, 2.45) is 0 Å². The molecule has 1 unspecified atom stereocenters. The van der Waals surface area contributed by atoms with E-state index in [9.17, 15) is 17.6 Å². The quantitative estimate of drug-likeness (QED) is 0.605. The Morgan fingerprint density at radius 3 is 2.61 bits per heavy atom. The van der Waals surface area contributed by atoms with Crippen LogP contribution in [0.3, 0.4) is 0 Å². The number of amides is 1. The summed E-state index contributed by atoms with van der Waals surface area (Å²) in [6.45, 7) is 1.55. The van der Waals surface area contributed by atoms with Gasteiger partial charge in [0.1, 0.15) is 5.82 Å². The molecule has 0 saturated carbocycles. The van der Waals surface area contributed by atoms with Crippen molar-refractivity contribution in [2.45, 2.75) is 13.0 Å². The second kappa shape index (κ2) is 8.27. The highest BCUT2D eigenvalue weighted by Gasteiger charge is 2.32. The van der Waals surface area contributed by atoms with Gasteiger partial charge in [0.2, 0.25) is 10.0 Å². The summed E-state index contributed by atoms with van der Waals surface area (Å²) in [5.41, 5.74) is 5.47. The van der Waals surface area contributed by atoms with E-state index in [1.807, 2.05) is 6.08 Å². The zero-order valence-corrected chi connectivity index (χ0v) is 17.4. The fraction of sp³-hybridized carbons (Fsp3) is 0.136. The van der Waals surface area contributed by atoms with Crippen molar-refractivity contribution in [1.29, 1.82) is 0 Å². The molecule has 1 aliphatic heterocycles. The molecule has 3 aromatic rings. The first-order valence-corrected chi connectivity index (χ1v) is 11.2. The van der Waals surface area contributed by atoms with Crippen molar-refractivity contribution in [1.82, 2.24) is 10.4 Å². The molecule has 2 aromatic carbocycles. The Bertz CT molecular complexity index is 1220. The number of hydrogen-bond donors (Lipinski definition) is 2. The van der Waals surface area contributed by atoms with Crippen molar-refractivity contribution >= 4 is 27.3 Å². The minimum absolute atomic E-state index is 0.0454. The van der Waals surface area contributed by atoms with Crippen LogP contribution in [0.5, 0.6) is 0 Å². The van der Waals surface area contributed by atoms with Gasteiger partial charge in [-0.15, -0.1) is 0 Å². The van der Waals surface area contributed by atoms with Crippen LogP contribution < -0.4 is 10.1 Å². The molecule has 9 heteroatoms. The second-order valence-corrected chi connectivity index (χ2v) is 8.94. The van der Waals surface area contributed by atoms with Crippen molar-refractivity contribution in [3.8, 4) is 0 Å². The van der Waals surface area contributed by atoms with Crippen LogP contribution in [0.25, 0.3) is 5.70 Å². The lowest BCUT2D eigenvalue weighted by atomic mass is 10.0. The molecule has 0 aliphatic carbocycles. The molecule has 2 heterocycles. The Kier molecular flexibility index (Phi) is 5.51. The smallest absolute Gasteiger partial charge is 0.308 e. The minimum Gasteiger partial charge on any atom is -0.459 e. The maximum atomic E-state index is 13.4. The molecule has 160 valence electrons. The number of anilines is 1. The predicted molar refractivity (Wildman–Crippen MR) is 115 cm³/mol. The van der Waals surface area contributed by atoms with Crippen LogP contribution in [0.15, 0.2) is 77.4 Å². The largest absolute Gasteiger partial charge is 0.459 e. The highest BCUT2D eigenvalue weighted by Crippen LogP contribution is 2.33. The molecule has 4 rings (SSSR count). The first-order chi connectivity index (χ1) is 14.9. The van der Waals surface area contributed by atoms with E-state index in [2.05, 4.69) is 10.1 Å². The normalized spacial score (nSPS) is 16.0. The van der Waals surface area contributed by atoms with Gasteiger partial charge in [-0.1, -0.05) is 24.3 Å². The van der Waals surface area contributed by atoms with Gasteiger partial charge >= 0.3 is 5.91 Å². The number of furan rings is 1. The molecule has 31 heavy (non-hydrogen) atoms. The molecular formula is C22H20FN3O4S. The first kappa shape index (κ1) is 20.7. The molecular weight excluding hydrogens is 421 g/mol. The van der Waals surface area contributed by atoms with Gasteiger partial charge in [0.05, 0.1) is 23.8 Å². The van der Waals surface area contributed by atoms with Gasteiger partial charge in [-0.2, -0.15) is 0 Å². The number of nitrogens with one attached hydrogen (secondary N) is 2. The van der Waals surface area contributed by atoms with Crippen LogP contribution in [-0.4, -0.2) is 25.1 Å². The summed E-state index contributed by atoms with van der Waals surface area (Å²) in [5, 5.41) is 1.39. The zero-order valence-electron chi connectivity index (χ0n) is 16.6. The lowest BCUT2D eigenvalue weighted by Crippen LogP contribution is -2.39. The lowest BCUT2D eigenvalue weighted by Gasteiger charge is -2.24. The number of benzene rings is 2. The van der Waals surface area contributed by atoms with E-state index < -0.39 is 22.0 Å². The summed E-state index contributed by atoms with van der Waals surface area (Å²) in [6, 6.07) is 15.4. The molecule has 7 nitrogen and oxygen atoms in total. The first-order valence-electron chi connectivity index (χ1n) is 9.58. The molecule has 0 fully saturated rings. The van der Waals surface area contributed by atoms with Gasteiger partial charge < -0.3 is 4.42 Å². The van der Waals surface area contributed by atoms with Crippen LogP contribution in [0, 0.1) is 5.82 Å². The average Bonchev–Trinajstić information content (AvgIpc) is 3.44. The molecule has 2 N–H and O–H groups in total. The molecule has 0 saturated heterocycles. The Labute approximate surface area is 179 Å². The SMILES string of the molecule is CCS(=O)(=O)Nc1cccc(C2=CC(c3ccc(F)cc3)N(C(=O)c3ccco3)N2)c1. The topological polar surface area (TPSA) is 91.7 Å². The van der Waals surface area contributed by atoms with E-state index in [-0.39, 0.29) is 17.3 Å². The Hall–Kier alpha value is -3.59. The summed E-state index contributed by atoms with van der Waals surface area (Å²) in [5.74, 6) is -0.665. The summed E-state index contributed by atoms with van der Waals surface area (Å²) >= 11 is 0. The van der Waals surface area contributed by atoms with E-state index in [0.717, 1.165) is 0 Å². The fourth-order valence-corrected chi connectivity index (χ4v) is 3.86. The fourth-order valence-electron chi connectivity index (χ4n) is 3.23. The van der Waals surface area contributed by atoms with Crippen molar-refractivity contribution in [2.75, 3.05) is 10.5 Å². The van der Waals surface area contributed by atoms with Crippen LogP contribution in [-0.2, 0) is 10.0 Å². The Morgan fingerprint density at radius 2 is 1.94 bits per heavy atom. The lowest BCUT2D eigenvalue weighted by molar-refractivity contribution is 0.0639. The van der Waals surface area contributed by atoms with E-state index >= 15 is 0 Å². The third-order valence-corrected chi connectivity index (χ3v) is 6.14. The number of carbonyl (C=O) groups is 1. The molecule has 1 aliphatic rings. The minimum atomic E-state index is -3.43. The van der Waals surface area contributed by atoms with Crippen LogP contribution in [0.4, 0.5) is 10.1 Å². The number of nitrogens with zero attached hydrogens (tertiary/aromatic N) is 1. The summed E-state index contributed by atoms with van der Waals surface area (Å²) in [4.78, 5) is 13.0. The molecule has 0 radical (unpaired) electrons.